The summed E-state index contributed by atoms with van der Waals surface area (Å²) in [5.74, 6) is -2.16. The van der Waals surface area contributed by atoms with Crippen LogP contribution in [-0.2, 0) is 20.9 Å². The molecule has 0 aliphatic carbocycles. The number of ether oxygens (including phenoxy) is 2. The Labute approximate surface area is 246 Å². The minimum absolute atomic E-state index is 0.0153. The molecule has 1 fully saturated rings. The van der Waals surface area contributed by atoms with E-state index in [2.05, 4.69) is 16.5 Å². The second-order valence-corrected chi connectivity index (χ2v) is 10.5. The fourth-order valence-corrected chi connectivity index (χ4v) is 5.58. The first-order chi connectivity index (χ1) is 20.3. The van der Waals surface area contributed by atoms with Gasteiger partial charge in [0.05, 0.1) is 17.3 Å². The van der Waals surface area contributed by atoms with Crippen LogP contribution in [0.2, 0.25) is 0 Å². The lowest BCUT2D eigenvalue weighted by Crippen LogP contribution is -2.29. The lowest BCUT2D eigenvalue weighted by atomic mass is 9.96. The van der Waals surface area contributed by atoms with E-state index in [0.29, 0.717) is 29.2 Å². The molecule has 1 atom stereocenters. The van der Waals surface area contributed by atoms with Crippen LogP contribution in [-0.4, -0.2) is 39.3 Å². The monoisotopic (exact) mass is 581 g/mol. The fourth-order valence-electron chi connectivity index (χ4n) is 4.59. The highest BCUT2D eigenvalue weighted by Gasteiger charge is 2.48. The van der Waals surface area contributed by atoms with Crippen molar-refractivity contribution < 1.29 is 29.0 Å². The van der Waals surface area contributed by atoms with Crippen molar-refractivity contribution in [3.05, 3.63) is 124 Å². The largest absolute Gasteiger partial charge is 0.507 e. The van der Waals surface area contributed by atoms with Crippen molar-refractivity contribution in [2.75, 3.05) is 11.5 Å². The van der Waals surface area contributed by atoms with Crippen molar-refractivity contribution in [3.8, 4) is 5.75 Å². The van der Waals surface area contributed by atoms with Gasteiger partial charge in [-0.15, -0.1) is 0 Å². The van der Waals surface area contributed by atoms with Crippen LogP contribution >= 0.6 is 11.3 Å². The molecule has 1 amide bonds. The Kier molecular flexibility index (Phi) is 8.26. The molecule has 2 aromatic carbocycles. The number of Topliss-reactive ketones (excluding diaryl/α,β-unsaturated/α-hetero) is 1. The molecule has 0 bridgehead atoms. The number of aryl methyl sites for hydroxylation is 2. The second kappa shape index (κ2) is 12.2. The average Bonchev–Trinajstić information content (AvgIpc) is 3.51. The predicted molar refractivity (Wildman–Crippen MR) is 158 cm³/mol. The van der Waals surface area contributed by atoms with Gasteiger partial charge in [0.2, 0.25) is 0 Å². The van der Waals surface area contributed by atoms with Gasteiger partial charge in [-0.25, -0.2) is 9.78 Å². The van der Waals surface area contributed by atoms with Crippen LogP contribution in [0.4, 0.5) is 5.13 Å². The van der Waals surface area contributed by atoms with Crippen LogP contribution in [0.25, 0.3) is 5.76 Å². The Balaban J connectivity index is 1.49. The van der Waals surface area contributed by atoms with Gasteiger partial charge in [0.15, 0.2) is 5.13 Å². The molecule has 1 aliphatic rings. The lowest BCUT2D eigenvalue weighted by molar-refractivity contribution is -0.132. The van der Waals surface area contributed by atoms with Gasteiger partial charge >= 0.3 is 11.9 Å². The number of carbonyl (C=O) groups excluding carboxylic acids is 3. The van der Waals surface area contributed by atoms with Crippen LogP contribution in [0.5, 0.6) is 5.75 Å². The van der Waals surface area contributed by atoms with Gasteiger partial charge in [-0.2, -0.15) is 0 Å². The highest BCUT2D eigenvalue weighted by molar-refractivity contribution is 7.17. The van der Waals surface area contributed by atoms with Crippen molar-refractivity contribution in [2.24, 2.45) is 0 Å². The zero-order chi connectivity index (χ0) is 29.8. The molecule has 5 rings (SSSR count). The first-order valence-electron chi connectivity index (χ1n) is 13.0. The van der Waals surface area contributed by atoms with E-state index in [0.717, 1.165) is 22.5 Å². The summed E-state index contributed by atoms with van der Waals surface area (Å²) in [4.78, 5) is 49.3. The summed E-state index contributed by atoms with van der Waals surface area (Å²) < 4.78 is 11.0. The summed E-state index contributed by atoms with van der Waals surface area (Å²) in [6.45, 7) is 7.55. The Morgan fingerprint density at radius 1 is 1.12 bits per heavy atom. The molecule has 1 N–H and O–H groups in total. The fraction of sp³-hybridized carbons (Fsp3) is 0.156. The van der Waals surface area contributed by atoms with Crippen molar-refractivity contribution in [1.29, 1.82) is 0 Å². The van der Waals surface area contributed by atoms with E-state index < -0.39 is 23.7 Å². The van der Waals surface area contributed by atoms with Gasteiger partial charge in [-0.1, -0.05) is 59.9 Å². The van der Waals surface area contributed by atoms with Crippen LogP contribution in [0.3, 0.4) is 0 Å². The molecule has 3 heterocycles. The summed E-state index contributed by atoms with van der Waals surface area (Å²) in [6, 6.07) is 16.9. The van der Waals surface area contributed by atoms with E-state index in [-0.39, 0.29) is 27.9 Å². The molecular weight excluding hydrogens is 554 g/mol. The molecule has 0 radical (unpaired) electrons. The zero-order valence-corrected chi connectivity index (χ0v) is 23.8. The molecule has 4 aromatic rings. The van der Waals surface area contributed by atoms with Crippen molar-refractivity contribution in [2.45, 2.75) is 26.5 Å². The number of aliphatic hydroxyl groups is 1. The maximum Gasteiger partial charge on any atom is 0.350 e. The molecule has 1 aliphatic heterocycles. The van der Waals surface area contributed by atoms with Gasteiger partial charge in [0.25, 0.3) is 5.78 Å². The molecule has 42 heavy (non-hydrogen) atoms. The third-order valence-corrected chi connectivity index (χ3v) is 7.71. The molecule has 212 valence electrons. The summed E-state index contributed by atoms with van der Waals surface area (Å²) in [7, 11) is 0. The normalized spacial score (nSPS) is 16.0. The first kappa shape index (κ1) is 28.4. The maximum absolute atomic E-state index is 13.4. The third kappa shape index (κ3) is 5.70. The number of aliphatic hydroxyl groups excluding tert-OH is 1. The molecule has 10 heteroatoms. The number of esters is 1. The van der Waals surface area contributed by atoms with E-state index >= 15 is 0 Å². The standard InChI is InChI=1S/C32H27N3O6S/c1-4-15-40-31(39)29-20(3)34-32(42-29)35-26(23-9-6-14-33-17-23)25(28(37)30(35)38)27(36)22-10-12-24(13-11-22)41-18-21-8-5-7-19(2)16-21/h4-14,16-17,26,36H,1,15,18H2,2-3H3. The quantitative estimate of drug-likeness (QED) is 0.0879. The van der Waals surface area contributed by atoms with E-state index in [9.17, 15) is 19.5 Å². The number of anilines is 1. The van der Waals surface area contributed by atoms with Gasteiger partial charge in [-0.3, -0.25) is 19.5 Å². The summed E-state index contributed by atoms with van der Waals surface area (Å²) in [5, 5.41) is 11.5. The Morgan fingerprint density at radius 2 is 1.90 bits per heavy atom. The number of hydrogen-bond donors (Lipinski definition) is 1. The minimum atomic E-state index is -1.03. The number of nitrogens with zero attached hydrogens (tertiary/aromatic N) is 3. The highest BCUT2D eigenvalue weighted by atomic mass is 32.1. The van der Waals surface area contributed by atoms with Gasteiger partial charge < -0.3 is 14.6 Å². The Hall–Kier alpha value is -5.09. The number of pyridine rings is 1. The van der Waals surface area contributed by atoms with Crippen molar-refractivity contribution in [1.82, 2.24) is 9.97 Å². The summed E-state index contributed by atoms with van der Waals surface area (Å²) >= 11 is 0.927. The van der Waals surface area contributed by atoms with E-state index in [4.69, 9.17) is 9.47 Å². The van der Waals surface area contributed by atoms with Crippen LogP contribution in [0.15, 0.2) is 91.3 Å². The number of rotatable bonds is 9. The molecular formula is C32H27N3O6S. The lowest BCUT2D eigenvalue weighted by Gasteiger charge is -2.22. The Morgan fingerprint density at radius 3 is 2.60 bits per heavy atom. The van der Waals surface area contributed by atoms with Crippen LogP contribution < -0.4 is 9.64 Å². The summed E-state index contributed by atoms with van der Waals surface area (Å²) in [5.41, 5.74) is 3.19. The highest BCUT2D eigenvalue weighted by Crippen LogP contribution is 2.43. The Bertz CT molecular complexity index is 1690. The SMILES string of the molecule is C=CCOC(=O)c1sc(N2C(=O)C(=O)C(=C(O)c3ccc(OCc4cccc(C)c4)cc3)C2c2cccnc2)nc1C. The molecule has 0 saturated carbocycles. The number of amides is 1. The van der Waals surface area contributed by atoms with Gasteiger partial charge in [0, 0.05) is 18.0 Å². The molecule has 9 nitrogen and oxygen atoms in total. The van der Waals surface area contributed by atoms with Crippen LogP contribution in [0, 0.1) is 13.8 Å². The maximum atomic E-state index is 13.4. The third-order valence-electron chi connectivity index (χ3n) is 6.57. The molecule has 1 unspecified atom stereocenters. The van der Waals surface area contributed by atoms with Crippen LogP contribution in [0.1, 0.15) is 43.7 Å². The van der Waals surface area contributed by atoms with Gasteiger partial charge in [-0.05, 0) is 55.3 Å². The number of ketones is 1. The second-order valence-electron chi connectivity index (χ2n) is 9.56. The van der Waals surface area contributed by atoms with E-state index in [1.165, 1.54) is 17.2 Å². The van der Waals surface area contributed by atoms with Gasteiger partial charge in [0.1, 0.15) is 29.6 Å². The topological polar surface area (TPSA) is 119 Å². The first-order valence-corrected chi connectivity index (χ1v) is 13.8. The number of benzene rings is 2. The summed E-state index contributed by atoms with van der Waals surface area (Å²) in [6.07, 6.45) is 4.52. The smallest absolute Gasteiger partial charge is 0.350 e. The molecule has 1 saturated heterocycles. The van der Waals surface area contributed by atoms with E-state index in [1.54, 1.807) is 49.5 Å². The molecule has 0 spiro atoms. The average molecular weight is 582 g/mol. The van der Waals surface area contributed by atoms with Crippen molar-refractivity contribution >= 4 is 39.9 Å². The number of hydrogen-bond acceptors (Lipinski definition) is 9. The number of aromatic nitrogens is 2. The predicted octanol–water partition coefficient (Wildman–Crippen LogP) is 5.70. The zero-order valence-electron chi connectivity index (χ0n) is 22.9. The van der Waals surface area contributed by atoms with Crippen molar-refractivity contribution in [3.63, 3.8) is 0 Å². The minimum Gasteiger partial charge on any atom is -0.507 e. The number of thiazole rings is 1. The van der Waals surface area contributed by atoms with E-state index in [1.807, 2.05) is 31.2 Å². The number of carbonyl (C=O) groups is 3. The molecule has 2 aromatic heterocycles.